The molecule has 1 aliphatic rings. The number of amides is 1. The van der Waals surface area contributed by atoms with Gasteiger partial charge in [-0.15, -0.1) is 0 Å². The van der Waals surface area contributed by atoms with E-state index >= 15 is 0 Å². The van der Waals surface area contributed by atoms with Crippen LogP contribution < -0.4 is 29.1 Å². The van der Waals surface area contributed by atoms with E-state index in [9.17, 15) is 14.0 Å². The number of thiazole rings is 1. The Bertz CT molecular complexity index is 1890. The Morgan fingerprint density at radius 1 is 1.02 bits per heavy atom. The van der Waals surface area contributed by atoms with E-state index in [1.54, 1.807) is 67.0 Å². The Morgan fingerprint density at radius 2 is 1.75 bits per heavy atom. The molecule has 3 aromatic carbocycles. The highest BCUT2D eigenvalue weighted by atomic mass is 32.1. The fourth-order valence-corrected chi connectivity index (χ4v) is 6.28. The van der Waals surface area contributed by atoms with Crippen molar-refractivity contribution in [1.82, 2.24) is 9.47 Å². The zero-order chi connectivity index (χ0) is 31.4. The van der Waals surface area contributed by atoms with Crippen molar-refractivity contribution in [3.63, 3.8) is 0 Å². The molecule has 2 heterocycles. The molecular weight excluding hydrogens is 581 g/mol. The van der Waals surface area contributed by atoms with Crippen molar-refractivity contribution in [2.75, 3.05) is 27.3 Å². The molecule has 1 aliphatic heterocycles. The summed E-state index contributed by atoms with van der Waals surface area (Å²) in [6.45, 7) is 6.89. The van der Waals surface area contributed by atoms with Gasteiger partial charge in [-0.05, 0) is 68.8 Å². The first-order chi connectivity index (χ1) is 21.3. The molecular formula is C34H34FN3O5S. The van der Waals surface area contributed by atoms with Crippen molar-refractivity contribution in [1.29, 1.82) is 0 Å². The van der Waals surface area contributed by atoms with Crippen molar-refractivity contribution in [2.24, 2.45) is 4.99 Å². The Hall–Kier alpha value is -4.70. The van der Waals surface area contributed by atoms with Crippen molar-refractivity contribution in [3.05, 3.63) is 120 Å². The van der Waals surface area contributed by atoms with Gasteiger partial charge in [0.05, 0.1) is 30.0 Å². The van der Waals surface area contributed by atoms with E-state index in [0.717, 1.165) is 5.56 Å². The molecule has 0 saturated heterocycles. The predicted molar refractivity (Wildman–Crippen MR) is 168 cm³/mol. The number of aromatic nitrogens is 1. The Kier molecular flexibility index (Phi) is 9.29. The number of allylic oxidation sites excluding steroid dienone is 1. The number of rotatable bonds is 10. The summed E-state index contributed by atoms with van der Waals surface area (Å²) in [5.74, 6) is 1.15. The number of likely N-dealkylation sites (N-methyl/N-ethyl adjacent to an activating group) is 1. The lowest BCUT2D eigenvalue weighted by Crippen LogP contribution is -2.43. The normalized spacial score (nSPS) is 14.6. The highest BCUT2D eigenvalue weighted by Crippen LogP contribution is 2.38. The third-order valence-corrected chi connectivity index (χ3v) is 8.53. The highest BCUT2D eigenvalue weighted by Gasteiger charge is 2.36. The average molecular weight is 616 g/mol. The molecule has 0 bridgehead atoms. The number of benzene rings is 3. The summed E-state index contributed by atoms with van der Waals surface area (Å²) in [4.78, 5) is 35.2. The number of carbonyl (C=O) groups is 1. The molecule has 0 spiro atoms. The van der Waals surface area contributed by atoms with Crippen molar-refractivity contribution >= 4 is 23.3 Å². The van der Waals surface area contributed by atoms with E-state index in [2.05, 4.69) is 0 Å². The SMILES string of the molecule is CCN(CC)C(=O)C1=C(C)N=c2s/c(=C/c3ccccc3OCc3ccc(F)cc3)c(=O)n2[C@@H]1c1cc(OC)ccc1OC. The molecule has 1 atom stereocenters. The third kappa shape index (κ3) is 6.03. The fraction of sp³-hybridized carbons (Fsp3) is 0.265. The van der Waals surface area contributed by atoms with Crippen LogP contribution in [-0.2, 0) is 11.4 Å². The number of fused-ring (bicyclic) bond motifs is 1. The molecule has 8 nitrogen and oxygen atoms in total. The minimum Gasteiger partial charge on any atom is -0.497 e. The molecule has 0 unspecified atom stereocenters. The van der Waals surface area contributed by atoms with Crippen LogP contribution in [0.15, 0.2) is 87.8 Å². The number of methoxy groups -OCH3 is 2. The van der Waals surface area contributed by atoms with E-state index in [4.69, 9.17) is 19.2 Å². The number of carbonyl (C=O) groups excluding carboxylic acids is 1. The third-order valence-electron chi connectivity index (χ3n) is 7.55. The second kappa shape index (κ2) is 13.3. The number of nitrogens with zero attached hydrogens (tertiary/aromatic N) is 3. The van der Waals surface area contributed by atoms with E-state index in [1.807, 2.05) is 38.1 Å². The summed E-state index contributed by atoms with van der Waals surface area (Å²) in [6, 6.07) is 18.1. The number of halogens is 1. The van der Waals surface area contributed by atoms with Gasteiger partial charge >= 0.3 is 0 Å². The molecule has 0 N–H and O–H groups in total. The standard InChI is InChI=1S/C34H34FN3O5S/c1-6-37(7-2)33(40)30-21(3)36-34-38(31(30)26-19-25(41-4)16-17-28(26)42-5)32(39)29(44-34)18-23-10-8-9-11-27(23)43-20-22-12-14-24(35)15-13-22/h8-19,31H,6-7,20H2,1-5H3/b29-18+/t31-/m1/s1. The molecule has 0 fully saturated rings. The lowest BCUT2D eigenvalue weighted by atomic mass is 9.93. The first-order valence-corrected chi connectivity index (χ1v) is 15.1. The van der Waals surface area contributed by atoms with Crippen LogP contribution in [0.3, 0.4) is 0 Å². The number of hydrogen-bond donors (Lipinski definition) is 0. The molecule has 1 aromatic heterocycles. The van der Waals surface area contributed by atoms with Gasteiger partial charge in [0.1, 0.15) is 35.7 Å². The van der Waals surface area contributed by atoms with E-state index in [-0.39, 0.29) is 23.9 Å². The Morgan fingerprint density at radius 3 is 2.43 bits per heavy atom. The molecule has 4 aromatic rings. The number of hydrogen-bond acceptors (Lipinski definition) is 7. The van der Waals surface area contributed by atoms with Gasteiger partial charge in [-0.2, -0.15) is 0 Å². The van der Waals surface area contributed by atoms with Gasteiger partial charge in [0, 0.05) is 24.2 Å². The molecule has 5 rings (SSSR count). The quantitative estimate of drug-likeness (QED) is 0.255. The van der Waals surface area contributed by atoms with Gasteiger partial charge in [0.25, 0.3) is 11.5 Å². The monoisotopic (exact) mass is 615 g/mol. The summed E-state index contributed by atoms with van der Waals surface area (Å²) >= 11 is 1.24. The largest absolute Gasteiger partial charge is 0.497 e. The van der Waals surface area contributed by atoms with Crippen LogP contribution in [-0.4, -0.2) is 42.7 Å². The summed E-state index contributed by atoms with van der Waals surface area (Å²) in [5, 5.41) is 0. The van der Waals surface area contributed by atoms with E-state index in [0.29, 0.717) is 62.1 Å². The second-order valence-electron chi connectivity index (χ2n) is 10.1. The Balaban J connectivity index is 1.66. The summed E-state index contributed by atoms with van der Waals surface area (Å²) in [7, 11) is 3.12. The van der Waals surface area contributed by atoms with Crippen LogP contribution in [0.4, 0.5) is 4.39 Å². The minimum atomic E-state index is -0.795. The maximum absolute atomic E-state index is 14.2. The fourth-order valence-electron chi connectivity index (χ4n) is 5.24. The van der Waals surface area contributed by atoms with Gasteiger partial charge in [-0.1, -0.05) is 41.7 Å². The van der Waals surface area contributed by atoms with E-state index < -0.39 is 6.04 Å². The first-order valence-electron chi connectivity index (χ1n) is 14.3. The van der Waals surface area contributed by atoms with Gasteiger partial charge in [-0.25, -0.2) is 9.38 Å². The van der Waals surface area contributed by atoms with Crippen LogP contribution in [0.5, 0.6) is 17.2 Å². The molecule has 10 heteroatoms. The van der Waals surface area contributed by atoms with Crippen LogP contribution in [0.25, 0.3) is 6.08 Å². The van der Waals surface area contributed by atoms with Crippen LogP contribution in [0.1, 0.15) is 43.5 Å². The second-order valence-corrected chi connectivity index (χ2v) is 11.1. The van der Waals surface area contributed by atoms with Gasteiger partial charge in [0.15, 0.2) is 4.80 Å². The summed E-state index contributed by atoms with van der Waals surface area (Å²) in [5.41, 5.74) is 2.77. The summed E-state index contributed by atoms with van der Waals surface area (Å²) in [6.07, 6.45) is 1.77. The molecule has 0 saturated carbocycles. The molecule has 1 amide bonds. The summed E-state index contributed by atoms with van der Waals surface area (Å²) < 4.78 is 32.7. The van der Waals surface area contributed by atoms with Crippen molar-refractivity contribution in [2.45, 2.75) is 33.4 Å². The number of para-hydroxylation sites is 1. The van der Waals surface area contributed by atoms with Crippen LogP contribution in [0, 0.1) is 5.82 Å². The predicted octanol–water partition coefficient (Wildman–Crippen LogP) is 4.84. The molecule has 44 heavy (non-hydrogen) atoms. The van der Waals surface area contributed by atoms with Crippen LogP contribution >= 0.6 is 11.3 Å². The van der Waals surface area contributed by atoms with Crippen LogP contribution in [0.2, 0.25) is 0 Å². The van der Waals surface area contributed by atoms with E-state index in [1.165, 1.54) is 23.5 Å². The first kappa shape index (κ1) is 30.7. The molecule has 0 radical (unpaired) electrons. The van der Waals surface area contributed by atoms with Crippen molar-refractivity contribution < 1.29 is 23.4 Å². The zero-order valence-electron chi connectivity index (χ0n) is 25.3. The smallest absolute Gasteiger partial charge is 0.271 e. The van der Waals surface area contributed by atoms with Crippen molar-refractivity contribution in [3.8, 4) is 17.2 Å². The topological polar surface area (TPSA) is 82.4 Å². The lowest BCUT2D eigenvalue weighted by molar-refractivity contribution is -0.127. The molecule has 228 valence electrons. The maximum Gasteiger partial charge on any atom is 0.271 e. The van der Waals surface area contributed by atoms with Gasteiger partial charge < -0.3 is 19.1 Å². The lowest BCUT2D eigenvalue weighted by Gasteiger charge is -2.30. The zero-order valence-corrected chi connectivity index (χ0v) is 26.1. The minimum absolute atomic E-state index is 0.194. The maximum atomic E-state index is 14.2. The number of ether oxygens (including phenoxy) is 3. The van der Waals surface area contributed by atoms with Gasteiger partial charge in [0.2, 0.25) is 0 Å². The Labute approximate surface area is 259 Å². The highest BCUT2D eigenvalue weighted by molar-refractivity contribution is 7.07. The molecule has 0 aliphatic carbocycles. The van der Waals surface area contributed by atoms with Gasteiger partial charge in [-0.3, -0.25) is 14.2 Å². The average Bonchev–Trinajstić information content (AvgIpc) is 3.34.